The average molecular weight is 555 g/mol. The summed E-state index contributed by atoms with van der Waals surface area (Å²) in [6, 6.07) is 43.6. The van der Waals surface area contributed by atoms with E-state index >= 15 is 0 Å². The number of rotatable bonds is 2. The molecule has 42 heavy (non-hydrogen) atoms. The second-order valence-corrected chi connectivity index (χ2v) is 17.0. The highest BCUT2D eigenvalue weighted by molar-refractivity contribution is 7.04. The van der Waals surface area contributed by atoms with Crippen molar-refractivity contribution in [1.29, 1.82) is 0 Å². The van der Waals surface area contributed by atoms with Crippen molar-refractivity contribution in [2.45, 2.75) is 33.9 Å². The van der Waals surface area contributed by atoms with E-state index in [1.807, 2.05) is 0 Å². The van der Waals surface area contributed by atoms with Crippen LogP contribution in [0, 0.1) is 20.8 Å². The molecule has 0 saturated heterocycles. The lowest BCUT2D eigenvalue weighted by atomic mass is 9.81. The van der Waals surface area contributed by atoms with Gasteiger partial charge in [-0.1, -0.05) is 128 Å². The van der Waals surface area contributed by atoms with E-state index in [0.717, 1.165) is 0 Å². The van der Waals surface area contributed by atoms with Crippen molar-refractivity contribution in [1.82, 2.24) is 0 Å². The first-order chi connectivity index (χ1) is 20.4. The molecular weight excluding hydrogens is 521 g/mol. The second-order valence-electron chi connectivity index (χ2n) is 12.6. The molecule has 7 aromatic rings. The summed E-state index contributed by atoms with van der Waals surface area (Å²) < 4.78 is 0. The summed E-state index contributed by atoms with van der Waals surface area (Å²) >= 11 is 0. The standard InChI is InChI=1S/C41H34Si/c1-25-21-22-29(23-26(25)2)40-32-16-8-9-17-33(32)41(31-19-12-14-28-13-6-7-15-30(28)31)35-24-37-38(27(3)39(35)40)34-18-10-11-20-36(34)42(37,4)5/h6-24H,1-5H3. The number of hydrogen-bond donors (Lipinski definition) is 0. The van der Waals surface area contributed by atoms with E-state index in [2.05, 4.69) is 149 Å². The molecule has 0 aromatic heterocycles. The third kappa shape index (κ3) is 3.41. The number of fused-ring (bicyclic) bond motifs is 6. The van der Waals surface area contributed by atoms with Gasteiger partial charge in [0.1, 0.15) is 8.07 Å². The molecule has 0 fully saturated rings. The average Bonchev–Trinajstić information content (AvgIpc) is 3.24. The van der Waals surface area contributed by atoms with Gasteiger partial charge in [-0.05, 0) is 114 Å². The largest absolute Gasteiger partial charge is 0.113 e. The fourth-order valence-corrected chi connectivity index (χ4v) is 10.8. The minimum absolute atomic E-state index is 1.28. The third-order valence-electron chi connectivity index (χ3n) is 9.96. The molecule has 202 valence electrons. The third-order valence-corrected chi connectivity index (χ3v) is 13.5. The van der Waals surface area contributed by atoms with Crippen molar-refractivity contribution < 1.29 is 0 Å². The first-order valence-corrected chi connectivity index (χ1v) is 18.0. The van der Waals surface area contributed by atoms with Crippen LogP contribution >= 0.6 is 0 Å². The van der Waals surface area contributed by atoms with Crippen molar-refractivity contribution >= 4 is 50.8 Å². The maximum Gasteiger partial charge on any atom is 0.113 e. The fourth-order valence-electron chi connectivity index (χ4n) is 7.70. The van der Waals surface area contributed by atoms with Crippen molar-refractivity contribution in [2.75, 3.05) is 0 Å². The molecule has 1 heteroatoms. The Bertz CT molecular complexity index is 2240. The van der Waals surface area contributed by atoms with Crippen LogP contribution in [0.2, 0.25) is 13.1 Å². The topological polar surface area (TPSA) is 0 Å². The molecule has 0 aliphatic carbocycles. The Hall–Kier alpha value is -4.46. The molecule has 1 aliphatic heterocycles. The lowest BCUT2D eigenvalue weighted by molar-refractivity contribution is 1.34. The molecular formula is C41H34Si. The van der Waals surface area contributed by atoms with Crippen LogP contribution in [0.4, 0.5) is 0 Å². The molecule has 0 amide bonds. The Balaban J connectivity index is 1.65. The number of aryl methyl sites for hydroxylation is 3. The number of hydrogen-bond acceptors (Lipinski definition) is 0. The monoisotopic (exact) mass is 554 g/mol. The van der Waals surface area contributed by atoms with Gasteiger partial charge in [0.2, 0.25) is 0 Å². The van der Waals surface area contributed by atoms with E-state index in [0.29, 0.717) is 0 Å². The smallest absolute Gasteiger partial charge is 0.0623 e. The fraction of sp³-hybridized carbons (Fsp3) is 0.122. The van der Waals surface area contributed by atoms with Gasteiger partial charge in [0.05, 0.1) is 0 Å². The van der Waals surface area contributed by atoms with Crippen LogP contribution in [-0.2, 0) is 0 Å². The van der Waals surface area contributed by atoms with Crippen LogP contribution in [0.1, 0.15) is 16.7 Å². The molecule has 0 atom stereocenters. The Morgan fingerprint density at radius 1 is 0.452 bits per heavy atom. The molecule has 0 N–H and O–H groups in total. The van der Waals surface area contributed by atoms with Gasteiger partial charge in [-0.3, -0.25) is 0 Å². The highest BCUT2D eigenvalue weighted by Gasteiger charge is 2.39. The molecule has 0 radical (unpaired) electrons. The van der Waals surface area contributed by atoms with Crippen molar-refractivity contribution in [2.24, 2.45) is 0 Å². The SMILES string of the molecule is Cc1ccc(-c2c3ccccc3c(-c3cccc4ccccc34)c3cc4c(c(C)c23)-c2ccccc2[Si]4(C)C)cc1C. The van der Waals surface area contributed by atoms with E-state index in [-0.39, 0.29) is 0 Å². The first-order valence-electron chi connectivity index (χ1n) is 15.0. The summed E-state index contributed by atoms with van der Waals surface area (Å²) in [7, 11) is -1.89. The van der Waals surface area contributed by atoms with Gasteiger partial charge in [0.15, 0.2) is 0 Å². The summed E-state index contributed by atoms with van der Waals surface area (Å²) in [6.07, 6.45) is 0. The summed E-state index contributed by atoms with van der Waals surface area (Å²) in [6.45, 7) is 11.9. The van der Waals surface area contributed by atoms with Gasteiger partial charge in [-0.15, -0.1) is 0 Å². The highest BCUT2D eigenvalue weighted by atomic mass is 28.3. The summed E-state index contributed by atoms with van der Waals surface area (Å²) in [4.78, 5) is 0. The van der Waals surface area contributed by atoms with E-state index in [9.17, 15) is 0 Å². The second kappa shape index (κ2) is 9.02. The van der Waals surface area contributed by atoms with Gasteiger partial charge >= 0.3 is 0 Å². The van der Waals surface area contributed by atoms with Gasteiger partial charge in [0, 0.05) is 0 Å². The maximum absolute atomic E-state index is 2.61. The van der Waals surface area contributed by atoms with Crippen LogP contribution in [0.5, 0.6) is 0 Å². The minimum Gasteiger partial charge on any atom is -0.0623 e. The van der Waals surface area contributed by atoms with E-state index in [1.165, 1.54) is 82.4 Å². The van der Waals surface area contributed by atoms with Crippen molar-refractivity contribution in [3.8, 4) is 33.4 Å². The zero-order valence-corrected chi connectivity index (χ0v) is 26.0. The molecule has 7 aromatic carbocycles. The molecule has 0 nitrogen and oxygen atoms in total. The molecule has 0 spiro atoms. The maximum atomic E-state index is 2.61. The summed E-state index contributed by atoms with van der Waals surface area (Å²) in [5, 5.41) is 11.1. The van der Waals surface area contributed by atoms with Gasteiger partial charge < -0.3 is 0 Å². The van der Waals surface area contributed by atoms with E-state index in [4.69, 9.17) is 0 Å². The lowest BCUT2D eigenvalue weighted by Crippen LogP contribution is -2.49. The van der Waals surface area contributed by atoms with Crippen molar-refractivity contribution in [3.05, 3.63) is 132 Å². The minimum atomic E-state index is -1.89. The normalized spacial score (nSPS) is 13.5. The highest BCUT2D eigenvalue weighted by Crippen LogP contribution is 2.48. The van der Waals surface area contributed by atoms with Crippen LogP contribution in [0.25, 0.3) is 65.7 Å². The van der Waals surface area contributed by atoms with Crippen molar-refractivity contribution in [3.63, 3.8) is 0 Å². The Morgan fingerprint density at radius 2 is 1.10 bits per heavy atom. The zero-order chi connectivity index (χ0) is 28.7. The van der Waals surface area contributed by atoms with Crippen LogP contribution in [0.15, 0.2) is 115 Å². The van der Waals surface area contributed by atoms with E-state index in [1.54, 1.807) is 10.4 Å². The summed E-state index contributed by atoms with van der Waals surface area (Å²) in [5.74, 6) is 0. The predicted octanol–water partition coefficient (Wildman–Crippen LogP) is 10.2. The molecule has 1 heterocycles. The molecule has 0 bridgehead atoms. The van der Waals surface area contributed by atoms with Crippen LogP contribution in [-0.4, -0.2) is 8.07 Å². The summed E-state index contributed by atoms with van der Waals surface area (Å²) in [5.41, 5.74) is 12.3. The number of benzene rings is 7. The molecule has 1 aliphatic rings. The van der Waals surface area contributed by atoms with Gasteiger partial charge in [-0.2, -0.15) is 0 Å². The first kappa shape index (κ1) is 25.3. The van der Waals surface area contributed by atoms with Gasteiger partial charge in [0.25, 0.3) is 0 Å². The Kier molecular flexibility index (Phi) is 5.42. The quantitative estimate of drug-likeness (QED) is 0.147. The molecule has 8 rings (SSSR count). The van der Waals surface area contributed by atoms with Crippen LogP contribution in [0.3, 0.4) is 0 Å². The molecule has 0 unspecified atom stereocenters. The zero-order valence-electron chi connectivity index (χ0n) is 25.0. The Labute approximate surface area is 249 Å². The Morgan fingerprint density at radius 3 is 1.88 bits per heavy atom. The van der Waals surface area contributed by atoms with Crippen LogP contribution < -0.4 is 10.4 Å². The van der Waals surface area contributed by atoms with Gasteiger partial charge in [-0.25, -0.2) is 0 Å². The van der Waals surface area contributed by atoms with E-state index < -0.39 is 8.07 Å². The molecule has 0 saturated carbocycles. The predicted molar refractivity (Wildman–Crippen MR) is 186 cm³/mol. The lowest BCUT2D eigenvalue weighted by Gasteiger charge is -2.24.